The van der Waals surface area contributed by atoms with E-state index in [1.807, 2.05) is 11.3 Å². The molecule has 0 bridgehead atoms. The van der Waals surface area contributed by atoms with E-state index < -0.39 is 0 Å². The SMILES string of the molecule is Cc1cc(C(Br)c2cccc(I)c2)c(C)s1. The van der Waals surface area contributed by atoms with E-state index in [0.29, 0.717) is 4.83 Å². The van der Waals surface area contributed by atoms with Crippen LogP contribution in [-0.4, -0.2) is 0 Å². The number of alkyl halides is 1. The normalized spacial score (nSPS) is 12.8. The lowest BCUT2D eigenvalue weighted by molar-refractivity contribution is 1.16. The van der Waals surface area contributed by atoms with Gasteiger partial charge < -0.3 is 0 Å². The number of benzene rings is 1. The molecule has 0 aliphatic rings. The highest BCUT2D eigenvalue weighted by molar-refractivity contribution is 14.1. The van der Waals surface area contributed by atoms with Crippen molar-refractivity contribution < 1.29 is 0 Å². The molecule has 0 N–H and O–H groups in total. The lowest BCUT2D eigenvalue weighted by Crippen LogP contribution is -1.92. The fourth-order valence-corrected chi connectivity index (χ4v) is 4.19. The minimum absolute atomic E-state index is 0.312. The van der Waals surface area contributed by atoms with Gasteiger partial charge >= 0.3 is 0 Å². The maximum Gasteiger partial charge on any atom is 0.0655 e. The van der Waals surface area contributed by atoms with Crippen LogP contribution in [0.15, 0.2) is 30.3 Å². The highest BCUT2D eigenvalue weighted by atomic mass is 127. The summed E-state index contributed by atoms with van der Waals surface area (Å²) in [6, 6.07) is 10.9. The molecule has 0 saturated heterocycles. The van der Waals surface area contributed by atoms with Gasteiger partial charge in [-0.3, -0.25) is 0 Å². The molecule has 1 aromatic heterocycles. The molecule has 0 radical (unpaired) electrons. The van der Waals surface area contributed by atoms with Gasteiger partial charge in [-0.05, 0) is 65.8 Å². The van der Waals surface area contributed by atoms with E-state index in [0.717, 1.165) is 0 Å². The fourth-order valence-electron chi connectivity index (χ4n) is 1.75. The maximum atomic E-state index is 3.80. The van der Waals surface area contributed by atoms with Crippen LogP contribution in [0.3, 0.4) is 0 Å². The Morgan fingerprint density at radius 3 is 2.56 bits per heavy atom. The van der Waals surface area contributed by atoms with Crippen LogP contribution in [0.2, 0.25) is 0 Å². The van der Waals surface area contributed by atoms with E-state index >= 15 is 0 Å². The van der Waals surface area contributed by atoms with Crippen molar-refractivity contribution in [2.45, 2.75) is 18.7 Å². The number of rotatable bonds is 2. The van der Waals surface area contributed by atoms with Gasteiger partial charge in [-0.25, -0.2) is 0 Å². The third kappa shape index (κ3) is 2.68. The molecule has 1 aromatic carbocycles. The smallest absolute Gasteiger partial charge is 0.0655 e. The van der Waals surface area contributed by atoms with Crippen LogP contribution in [0, 0.1) is 17.4 Å². The van der Waals surface area contributed by atoms with Crippen LogP contribution < -0.4 is 0 Å². The summed E-state index contributed by atoms with van der Waals surface area (Å²) in [5, 5.41) is 0. The minimum atomic E-state index is 0.312. The first-order valence-electron chi connectivity index (χ1n) is 5.04. The molecule has 0 nitrogen and oxygen atoms in total. The second kappa shape index (κ2) is 5.19. The topological polar surface area (TPSA) is 0 Å². The third-order valence-electron chi connectivity index (χ3n) is 2.49. The van der Waals surface area contributed by atoms with Crippen LogP contribution in [0.4, 0.5) is 0 Å². The molecule has 0 fully saturated rings. The number of thiophene rings is 1. The number of hydrogen-bond acceptors (Lipinski definition) is 1. The van der Waals surface area contributed by atoms with Gasteiger partial charge in [0.1, 0.15) is 0 Å². The Morgan fingerprint density at radius 1 is 1.25 bits per heavy atom. The molecule has 16 heavy (non-hydrogen) atoms. The zero-order chi connectivity index (χ0) is 11.7. The second-order valence-electron chi connectivity index (χ2n) is 3.79. The Kier molecular flexibility index (Phi) is 4.08. The molecule has 0 spiro atoms. The van der Waals surface area contributed by atoms with Crippen molar-refractivity contribution >= 4 is 49.9 Å². The number of aryl methyl sites for hydroxylation is 2. The molecule has 0 aliphatic heterocycles. The van der Waals surface area contributed by atoms with Crippen LogP contribution in [0.5, 0.6) is 0 Å². The van der Waals surface area contributed by atoms with Crippen molar-refractivity contribution in [1.29, 1.82) is 0 Å². The summed E-state index contributed by atoms with van der Waals surface area (Å²) in [5.41, 5.74) is 2.72. The van der Waals surface area contributed by atoms with Crippen LogP contribution in [0.25, 0.3) is 0 Å². The van der Waals surface area contributed by atoms with E-state index in [1.165, 1.54) is 24.5 Å². The Balaban J connectivity index is 2.38. The zero-order valence-corrected chi connectivity index (χ0v) is 13.7. The molecule has 0 aliphatic carbocycles. The summed E-state index contributed by atoms with van der Waals surface area (Å²) < 4.78 is 1.28. The predicted octanol–water partition coefficient (Wildman–Crippen LogP) is 5.45. The van der Waals surface area contributed by atoms with Gasteiger partial charge in [-0.15, -0.1) is 11.3 Å². The van der Waals surface area contributed by atoms with Crippen molar-refractivity contribution in [2.24, 2.45) is 0 Å². The maximum absolute atomic E-state index is 3.80. The van der Waals surface area contributed by atoms with Gasteiger partial charge in [-0.2, -0.15) is 0 Å². The first-order valence-corrected chi connectivity index (χ1v) is 7.85. The summed E-state index contributed by atoms with van der Waals surface area (Å²) in [6.45, 7) is 4.35. The average molecular weight is 407 g/mol. The molecule has 1 unspecified atom stereocenters. The van der Waals surface area contributed by atoms with Crippen LogP contribution in [0.1, 0.15) is 25.7 Å². The van der Waals surface area contributed by atoms with Gasteiger partial charge in [0, 0.05) is 13.3 Å². The van der Waals surface area contributed by atoms with Gasteiger partial charge in [-0.1, -0.05) is 28.1 Å². The molecular weight excluding hydrogens is 395 g/mol. The Labute approximate surface area is 122 Å². The Bertz CT molecular complexity index is 504. The summed E-state index contributed by atoms with van der Waals surface area (Å²) in [5.74, 6) is 0. The van der Waals surface area contributed by atoms with Crippen molar-refractivity contribution in [3.8, 4) is 0 Å². The molecule has 0 saturated carbocycles. The van der Waals surface area contributed by atoms with Crippen molar-refractivity contribution in [3.05, 3.63) is 54.8 Å². The largest absolute Gasteiger partial charge is 0.146 e. The van der Waals surface area contributed by atoms with E-state index in [4.69, 9.17) is 0 Å². The summed E-state index contributed by atoms with van der Waals surface area (Å²) >= 11 is 8.01. The molecule has 2 aromatic rings. The monoisotopic (exact) mass is 406 g/mol. The van der Waals surface area contributed by atoms with E-state index in [1.54, 1.807) is 0 Å². The third-order valence-corrected chi connectivity index (χ3v) is 5.17. The van der Waals surface area contributed by atoms with Gasteiger partial charge in [0.15, 0.2) is 0 Å². The molecule has 1 heterocycles. The highest BCUT2D eigenvalue weighted by Crippen LogP contribution is 2.36. The highest BCUT2D eigenvalue weighted by Gasteiger charge is 2.14. The summed E-state index contributed by atoms with van der Waals surface area (Å²) in [6.07, 6.45) is 0. The van der Waals surface area contributed by atoms with Crippen LogP contribution in [-0.2, 0) is 0 Å². The average Bonchev–Trinajstić information content (AvgIpc) is 2.57. The molecular formula is C13H12BrIS. The van der Waals surface area contributed by atoms with Gasteiger partial charge in [0.25, 0.3) is 0 Å². The summed E-state index contributed by atoms with van der Waals surface area (Å²) in [7, 11) is 0. The van der Waals surface area contributed by atoms with E-state index in [2.05, 4.69) is 82.7 Å². The quantitative estimate of drug-likeness (QED) is 0.459. The molecule has 0 amide bonds. The summed E-state index contributed by atoms with van der Waals surface area (Å²) in [4.78, 5) is 3.09. The minimum Gasteiger partial charge on any atom is -0.146 e. The van der Waals surface area contributed by atoms with Gasteiger partial charge in [0.2, 0.25) is 0 Å². The lowest BCUT2D eigenvalue weighted by Gasteiger charge is -2.10. The Morgan fingerprint density at radius 2 is 2.00 bits per heavy atom. The molecule has 84 valence electrons. The van der Waals surface area contributed by atoms with Crippen LogP contribution >= 0.6 is 49.9 Å². The zero-order valence-electron chi connectivity index (χ0n) is 9.13. The second-order valence-corrected chi connectivity index (χ2v) is 7.41. The first-order chi connectivity index (χ1) is 7.58. The standard InChI is InChI=1S/C13H12BrIS/c1-8-6-12(9(2)16-8)13(14)10-4-3-5-11(15)7-10/h3-7,13H,1-2H3. The molecule has 1 atom stereocenters. The molecule has 2 rings (SSSR count). The van der Waals surface area contributed by atoms with Crippen molar-refractivity contribution in [3.63, 3.8) is 0 Å². The fraction of sp³-hybridized carbons (Fsp3) is 0.231. The number of hydrogen-bond donors (Lipinski definition) is 0. The van der Waals surface area contributed by atoms with Crippen molar-refractivity contribution in [2.75, 3.05) is 0 Å². The van der Waals surface area contributed by atoms with E-state index in [9.17, 15) is 0 Å². The predicted molar refractivity (Wildman–Crippen MR) is 83.7 cm³/mol. The first kappa shape index (κ1) is 12.6. The molecule has 3 heteroatoms. The van der Waals surface area contributed by atoms with Gasteiger partial charge in [0.05, 0.1) is 4.83 Å². The number of halogens is 2. The van der Waals surface area contributed by atoms with E-state index in [-0.39, 0.29) is 0 Å². The lowest BCUT2D eigenvalue weighted by atomic mass is 10.1. The van der Waals surface area contributed by atoms with Crippen molar-refractivity contribution in [1.82, 2.24) is 0 Å². The Hall–Kier alpha value is 0.130.